The molecule has 0 amide bonds. The van der Waals surface area contributed by atoms with E-state index in [-0.39, 0.29) is 24.8 Å². The number of benzene rings is 1. The van der Waals surface area contributed by atoms with E-state index in [1.165, 1.54) is 23.8 Å². The Bertz CT molecular complexity index is 476. The molecule has 0 spiro atoms. The van der Waals surface area contributed by atoms with Gasteiger partial charge in [-0.1, -0.05) is 24.3 Å². The molecular formula is C13H16Cl2N2. The summed E-state index contributed by atoms with van der Waals surface area (Å²) in [6.07, 6.45) is 4.38. The lowest BCUT2D eigenvalue weighted by Crippen LogP contribution is -2.13. The highest BCUT2D eigenvalue weighted by Crippen LogP contribution is 2.27. The van der Waals surface area contributed by atoms with Crippen LogP contribution in [0, 0.1) is 0 Å². The van der Waals surface area contributed by atoms with E-state index in [4.69, 9.17) is 0 Å². The van der Waals surface area contributed by atoms with Gasteiger partial charge in [0.05, 0.1) is 5.52 Å². The van der Waals surface area contributed by atoms with Crippen LogP contribution >= 0.6 is 24.8 Å². The van der Waals surface area contributed by atoms with Crippen LogP contribution in [0.1, 0.15) is 24.4 Å². The van der Waals surface area contributed by atoms with Crippen LogP contribution in [0.4, 0.5) is 0 Å². The third-order valence-electron chi connectivity index (χ3n) is 3.10. The second-order valence-electron chi connectivity index (χ2n) is 4.07. The zero-order chi connectivity index (χ0) is 10.1. The molecule has 17 heavy (non-hydrogen) atoms. The molecule has 92 valence electrons. The maximum absolute atomic E-state index is 4.49. The van der Waals surface area contributed by atoms with E-state index in [9.17, 15) is 0 Å². The number of pyridine rings is 1. The normalized spacial score (nSPS) is 18.5. The second-order valence-corrected chi connectivity index (χ2v) is 4.07. The van der Waals surface area contributed by atoms with Gasteiger partial charge in [-0.25, -0.2) is 0 Å². The summed E-state index contributed by atoms with van der Waals surface area (Å²) in [5.74, 6) is 0. The summed E-state index contributed by atoms with van der Waals surface area (Å²) in [4.78, 5) is 4.49. The predicted molar refractivity (Wildman–Crippen MR) is 76.2 cm³/mol. The van der Waals surface area contributed by atoms with Crippen LogP contribution in [0.15, 0.2) is 36.5 Å². The van der Waals surface area contributed by atoms with Gasteiger partial charge in [-0.15, -0.1) is 24.8 Å². The third kappa shape index (κ3) is 2.71. The fraction of sp³-hybridized carbons (Fsp3) is 0.308. The molecular weight excluding hydrogens is 255 g/mol. The minimum atomic E-state index is 0. The zero-order valence-electron chi connectivity index (χ0n) is 9.43. The van der Waals surface area contributed by atoms with Crippen molar-refractivity contribution in [2.24, 2.45) is 0 Å². The average molecular weight is 271 g/mol. The lowest BCUT2D eigenvalue weighted by atomic mass is 10.0. The average Bonchev–Trinajstić information content (AvgIpc) is 2.82. The quantitative estimate of drug-likeness (QED) is 0.858. The first-order valence-corrected chi connectivity index (χ1v) is 5.52. The molecule has 0 radical (unpaired) electrons. The summed E-state index contributed by atoms with van der Waals surface area (Å²) in [5.41, 5.74) is 2.50. The number of para-hydroxylation sites is 1. The van der Waals surface area contributed by atoms with Crippen molar-refractivity contribution >= 4 is 35.7 Å². The van der Waals surface area contributed by atoms with Crippen molar-refractivity contribution in [2.75, 3.05) is 6.54 Å². The van der Waals surface area contributed by atoms with Crippen molar-refractivity contribution in [1.82, 2.24) is 10.3 Å². The number of nitrogens with zero attached hydrogens (tertiary/aromatic N) is 1. The summed E-state index contributed by atoms with van der Waals surface area (Å²) < 4.78 is 0. The molecule has 1 aliphatic rings. The van der Waals surface area contributed by atoms with Gasteiger partial charge in [0.15, 0.2) is 0 Å². The SMILES string of the molecule is Cl.Cl.c1cnc2c([C@@H]3CCCN3)cccc2c1. The smallest absolute Gasteiger partial charge is 0.0749 e. The largest absolute Gasteiger partial charge is 0.310 e. The topological polar surface area (TPSA) is 24.9 Å². The number of hydrogen-bond donors (Lipinski definition) is 1. The highest BCUT2D eigenvalue weighted by molar-refractivity contribution is 5.85. The fourth-order valence-corrected chi connectivity index (χ4v) is 2.36. The molecule has 2 aromatic rings. The molecule has 2 nitrogen and oxygen atoms in total. The molecule has 1 saturated heterocycles. The number of hydrogen-bond acceptors (Lipinski definition) is 2. The Kier molecular flexibility index (Phi) is 5.19. The van der Waals surface area contributed by atoms with E-state index < -0.39 is 0 Å². The molecule has 1 aromatic carbocycles. The Hall–Kier alpha value is -0.830. The summed E-state index contributed by atoms with van der Waals surface area (Å²) in [6, 6.07) is 11.1. The predicted octanol–water partition coefficient (Wildman–Crippen LogP) is 3.50. The molecule has 3 rings (SSSR count). The van der Waals surface area contributed by atoms with Gasteiger partial charge in [0.25, 0.3) is 0 Å². The maximum Gasteiger partial charge on any atom is 0.0749 e. The monoisotopic (exact) mass is 270 g/mol. The minimum absolute atomic E-state index is 0. The Labute approximate surface area is 114 Å². The Balaban J connectivity index is 0.000000722. The summed E-state index contributed by atoms with van der Waals surface area (Å²) in [5, 5.41) is 4.76. The molecule has 1 fully saturated rings. The number of rotatable bonds is 1. The number of nitrogens with one attached hydrogen (secondary N) is 1. The summed E-state index contributed by atoms with van der Waals surface area (Å²) in [6.45, 7) is 1.13. The highest BCUT2D eigenvalue weighted by Gasteiger charge is 2.18. The van der Waals surface area contributed by atoms with Gasteiger partial charge >= 0.3 is 0 Å². The van der Waals surface area contributed by atoms with E-state index in [0.29, 0.717) is 6.04 Å². The third-order valence-corrected chi connectivity index (χ3v) is 3.10. The minimum Gasteiger partial charge on any atom is -0.310 e. The highest BCUT2D eigenvalue weighted by atomic mass is 35.5. The van der Waals surface area contributed by atoms with E-state index >= 15 is 0 Å². The Morgan fingerprint density at radius 1 is 1.12 bits per heavy atom. The van der Waals surface area contributed by atoms with Gasteiger partial charge < -0.3 is 5.32 Å². The molecule has 2 heterocycles. The van der Waals surface area contributed by atoms with Crippen LogP contribution in [0.2, 0.25) is 0 Å². The lowest BCUT2D eigenvalue weighted by molar-refractivity contribution is 0.651. The van der Waals surface area contributed by atoms with Crippen molar-refractivity contribution < 1.29 is 0 Å². The molecule has 0 saturated carbocycles. The molecule has 1 N–H and O–H groups in total. The van der Waals surface area contributed by atoms with E-state index in [1.807, 2.05) is 12.3 Å². The molecule has 4 heteroatoms. The maximum atomic E-state index is 4.49. The van der Waals surface area contributed by atoms with Gasteiger partial charge in [-0.05, 0) is 31.0 Å². The summed E-state index contributed by atoms with van der Waals surface area (Å²) >= 11 is 0. The molecule has 1 atom stereocenters. The van der Waals surface area contributed by atoms with Crippen LogP contribution in [0.3, 0.4) is 0 Å². The van der Waals surface area contributed by atoms with E-state index in [0.717, 1.165) is 12.1 Å². The van der Waals surface area contributed by atoms with E-state index in [1.54, 1.807) is 0 Å². The Morgan fingerprint density at radius 2 is 1.94 bits per heavy atom. The standard InChI is InChI=1S/C13H14N2.2ClH/c1-4-10-5-2-9-15-13(10)11(6-1)12-7-3-8-14-12;;/h1-2,4-6,9,12,14H,3,7-8H2;2*1H/t12-;;/m0../s1. The van der Waals surface area contributed by atoms with Gasteiger partial charge in [0, 0.05) is 17.6 Å². The molecule has 0 unspecified atom stereocenters. The van der Waals surface area contributed by atoms with Crippen LogP contribution in [-0.4, -0.2) is 11.5 Å². The fourth-order valence-electron chi connectivity index (χ4n) is 2.36. The number of fused-ring (bicyclic) bond motifs is 1. The lowest BCUT2D eigenvalue weighted by Gasteiger charge is -2.12. The Morgan fingerprint density at radius 3 is 2.71 bits per heavy atom. The number of halogens is 2. The van der Waals surface area contributed by atoms with Crippen molar-refractivity contribution in [2.45, 2.75) is 18.9 Å². The van der Waals surface area contributed by atoms with Crippen molar-refractivity contribution in [3.8, 4) is 0 Å². The number of aromatic nitrogens is 1. The van der Waals surface area contributed by atoms with Crippen molar-refractivity contribution in [3.63, 3.8) is 0 Å². The summed E-state index contributed by atoms with van der Waals surface area (Å²) in [7, 11) is 0. The van der Waals surface area contributed by atoms with Crippen LogP contribution in [0.25, 0.3) is 10.9 Å². The molecule has 1 aromatic heterocycles. The first-order chi connectivity index (χ1) is 7.45. The van der Waals surface area contributed by atoms with Gasteiger partial charge in [-0.2, -0.15) is 0 Å². The van der Waals surface area contributed by atoms with Crippen molar-refractivity contribution in [3.05, 3.63) is 42.1 Å². The first kappa shape index (κ1) is 14.2. The van der Waals surface area contributed by atoms with Crippen LogP contribution in [-0.2, 0) is 0 Å². The van der Waals surface area contributed by atoms with Gasteiger partial charge in [0.2, 0.25) is 0 Å². The molecule has 0 bridgehead atoms. The van der Waals surface area contributed by atoms with Gasteiger partial charge in [-0.3, -0.25) is 4.98 Å². The van der Waals surface area contributed by atoms with Crippen LogP contribution < -0.4 is 5.32 Å². The van der Waals surface area contributed by atoms with Crippen LogP contribution in [0.5, 0.6) is 0 Å². The molecule has 0 aliphatic carbocycles. The first-order valence-electron chi connectivity index (χ1n) is 5.52. The van der Waals surface area contributed by atoms with E-state index in [2.05, 4.69) is 34.6 Å². The van der Waals surface area contributed by atoms with Crippen molar-refractivity contribution in [1.29, 1.82) is 0 Å². The zero-order valence-corrected chi connectivity index (χ0v) is 11.1. The van der Waals surface area contributed by atoms with Gasteiger partial charge in [0.1, 0.15) is 0 Å². The second kappa shape index (κ2) is 6.20. The molecule has 1 aliphatic heterocycles.